The normalized spacial score (nSPS) is 16.7. The van der Waals surface area contributed by atoms with Gasteiger partial charge in [0.1, 0.15) is 0 Å². The highest BCUT2D eigenvalue weighted by atomic mass is 35.5. The summed E-state index contributed by atoms with van der Waals surface area (Å²) in [4.78, 5) is 13.8. The number of hydrogen-bond acceptors (Lipinski definition) is 3. The highest BCUT2D eigenvalue weighted by Gasteiger charge is 2.26. The average Bonchev–Trinajstić information content (AvgIpc) is 2.48. The highest BCUT2D eigenvalue weighted by molar-refractivity contribution is 7.89. The Bertz CT molecular complexity index is 608. The zero-order chi connectivity index (χ0) is 16.2. The van der Waals surface area contributed by atoms with Gasteiger partial charge in [-0.25, -0.2) is 13.1 Å². The van der Waals surface area contributed by atoms with Gasteiger partial charge in [0.25, 0.3) is 0 Å². The van der Waals surface area contributed by atoms with Crippen LogP contribution < -0.4 is 4.72 Å². The topological polar surface area (TPSA) is 66.5 Å². The SMILES string of the molecule is CCCC(=O)N1CCC(NS(=O)(=O)c2ccc(Cl)cc2)CC1. The lowest BCUT2D eigenvalue weighted by molar-refractivity contribution is -0.132. The second-order valence-corrected chi connectivity index (χ2v) is 7.63. The molecule has 0 unspecified atom stereocenters. The first-order valence-corrected chi connectivity index (χ1v) is 9.34. The quantitative estimate of drug-likeness (QED) is 0.892. The maximum Gasteiger partial charge on any atom is 0.240 e. The molecule has 0 aromatic heterocycles. The molecule has 1 amide bonds. The van der Waals surface area contributed by atoms with Crippen molar-refractivity contribution in [2.45, 2.75) is 43.5 Å². The van der Waals surface area contributed by atoms with Crippen LogP contribution in [0.2, 0.25) is 5.02 Å². The Morgan fingerprint density at radius 2 is 1.86 bits per heavy atom. The van der Waals surface area contributed by atoms with Crippen molar-refractivity contribution in [1.82, 2.24) is 9.62 Å². The molecule has 22 heavy (non-hydrogen) atoms. The minimum absolute atomic E-state index is 0.133. The van der Waals surface area contributed by atoms with Crippen molar-refractivity contribution in [2.24, 2.45) is 0 Å². The Morgan fingerprint density at radius 1 is 1.27 bits per heavy atom. The molecule has 2 rings (SSSR count). The molecule has 0 saturated carbocycles. The second kappa shape index (κ2) is 7.44. The van der Waals surface area contributed by atoms with Crippen molar-refractivity contribution in [1.29, 1.82) is 0 Å². The summed E-state index contributed by atoms with van der Waals surface area (Å²) in [6.45, 7) is 3.18. The summed E-state index contributed by atoms with van der Waals surface area (Å²) in [5.41, 5.74) is 0. The van der Waals surface area contributed by atoms with E-state index in [0.29, 0.717) is 37.4 Å². The van der Waals surface area contributed by atoms with Gasteiger partial charge in [-0.05, 0) is 43.5 Å². The summed E-state index contributed by atoms with van der Waals surface area (Å²) in [5.74, 6) is 0.154. The molecular formula is C15H21ClN2O3S. The van der Waals surface area contributed by atoms with Gasteiger partial charge in [-0.3, -0.25) is 4.79 Å². The van der Waals surface area contributed by atoms with E-state index in [1.807, 2.05) is 11.8 Å². The molecule has 0 spiro atoms. The molecule has 1 heterocycles. The highest BCUT2D eigenvalue weighted by Crippen LogP contribution is 2.17. The van der Waals surface area contributed by atoms with Gasteiger partial charge in [-0.1, -0.05) is 18.5 Å². The van der Waals surface area contributed by atoms with Crippen molar-refractivity contribution in [2.75, 3.05) is 13.1 Å². The number of carbonyl (C=O) groups excluding carboxylic acids is 1. The molecule has 1 aromatic carbocycles. The van der Waals surface area contributed by atoms with E-state index in [9.17, 15) is 13.2 Å². The number of likely N-dealkylation sites (tertiary alicyclic amines) is 1. The number of hydrogen-bond donors (Lipinski definition) is 1. The molecule has 0 aliphatic carbocycles. The fraction of sp³-hybridized carbons (Fsp3) is 0.533. The van der Waals surface area contributed by atoms with Crippen LogP contribution in [-0.2, 0) is 14.8 Å². The molecule has 1 saturated heterocycles. The van der Waals surface area contributed by atoms with Crippen LogP contribution in [0.3, 0.4) is 0 Å². The molecule has 122 valence electrons. The third kappa shape index (κ3) is 4.44. The van der Waals surface area contributed by atoms with Gasteiger partial charge in [0.2, 0.25) is 15.9 Å². The van der Waals surface area contributed by atoms with Crippen LogP contribution in [0.1, 0.15) is 32.6 Å². The van der Waals surface area contributed by atoms with Crippen LogP contribution in [0.15, 0.2) is 29.2 Å². The Hall–Kier alpha value is -1.11. The van der Waals surface area contributed by atoms with E-state index in [-0.39, 0.29) is 16.8 Å². The molecule has 1 aliphatic rings. The van der Waals surface area contributed by atoms with Crippen molar-refractivity contribution >= 4 is 27.5 Å². The fourth-order valence-corrected chi connectivity index (χ4v) is 3.95. The Kier molecular flexibility index (Phi) is 5.83. The Balaban J connectivity index is 1.92. The first kappa shape index (κ1) is 17.2. The van der Waals surface area contributed by atoms with E-state index < -0.39 is 10.0 Å². The second-order valence-electron chi connectivity index (χ2n) is 5.48. The van der Waals surface area contributed by atoms with E-state index in [4.69, 9.17) is 11.6 Å². The molecule has 7 heteroatoms. The van der Waals surface area contributed by atoms with Crippen molar-refractivity contribution < 1.29 is 13.2 Å². The van der Waals surface area contributed by atoms with Crippen LogP contribution in [0.5, 0.6) is 0 Å². The lowest BCUT2D eigenvalue weighted by Crippen LogP contribution is -2.46. The van der Waals surface area contributed by atoms with E-state index in [1.54, 1.807) is 12.1 Å². The molecule has 0 bridgehead atoms. The standard InChI is InChI=1S/C15H21ClN2O3S/c1-2-3-15(19)18-10-8-13(9-11-18)17-22(20,21)14-6-4-12(16)5-7-14/h4-7,13,17H,2-3,8-11H2,1H3. The molecule has 0 radical (unpaired) electrons. The number of nitrogens with one attached hydrogen (secondary N) is 1. The predicted molar refractivity (Wildman–Crippen MR) is 86.3 cm³/mol. The van der Waals surface area contributed by atoms with E-state index in [2.05, 4.69) is 4.72 Å². The van der Waals surface area contributed by atoms with Crippen LogP contribution in [0.4, 0.5) is 0 Å². The van der Waals surface area contributed by atoms with Gasteiger partial charge >= 0.3 is 0 Å². The van der Waals surface area contributed by atoms with Crippen molar-refractivity contribution in [3.8, 4) is 0 Å². The minimum atomic E-state index is -3.54. The largest absolute Gasteiger partial charge is 0.343 e. The summed E-state index contributed by atoms with van der Waals surface area (Å²) in [6, 6.07) is 5.96. The smallest absolute Gasteiger partial charge is 0.240 e. The third-order valence-electron chi connectivity index (χ3n) is 3.76. The number of piperidine rings is 1. The lowest BCUT2D eigenvalue weighted by Gasteiger charge is -2.32. The van der Waals surface area contributed by atoms with Crippen molar-refractivity contribution in [3.05, 3.63) is 29.3 Å². The van der Waals surface area contributed by atoms with Crippen molar-refractivity contribution in [3.63, 3.8) is 0 Å². The van der Waals surface area contributed by atoms with Crippen LogP contribution in [-0.4, -0.2) is 38.4 Å². The predicted octanol–water partition coefficient (Wildman–Crippen LogP) is 2.41. The molecule has 1 fully saturated rings. The maximum absolute atomic E-state index is 12.3. The van der Waals surface area contributed by atoms with Gasteiger partial charge in [0.15, 0.2) is 0 Å². The maximum atomic E-state index is 12.3. The first-order chi connectivity index (χ1) is 10.4. The Labute approximate surface area is 136 Å². The zero-order valence-corrected chi connectivity index (χ0v) is 14.2. The van der Waals surface area contributed by atoms with E-state index in [1.165, 1.54) is 12.1 Å². The average molecular weight is 345 g/mol. The molecule has 1 aromatic rings. The van der Waals surface area contributed by atoms with E-state index in [0.717, 1.165) is 6.42 Å². The number of halogens is 1. The number of nitrogens with zero attached hydrogens (tertiary/aromatic N) is 1. The summed E-state index contributed by atoms with van der Waals surface area (Å²) in [6.07, 6.45) is 2.67. The van der Waals surface area contributed by atoms with Crippen LogP contribution in [0, 0.1) is 0 Å². The first-order valence-electron chi connectivity index (χ1n) is 7.48. The third-order valence-corrected chi connectivity index (χ3v) is 5.55. The number of amides is 1. The van der Waals surface area contributed by atoms with E-state index >= 15 is 0 Å². The van der Waals surface area contributed by atoms with Gasteiger partial charge in [0.05, 0.1) is 4.90 Å². The van der Waals surface area contributed by atoms with Gasteiger partial charge in [-0.15, -0.1) is 0 Å². The molecule has 1 aliphatic heterocycles. The summed E-state index contributed by atoms with van der Waals surface area (Å²) in [7, 11) is -3.54. The van der Waals surface area contributed by atoms with Gasteiger partial charge < -0.3 is 4.90 Å². The monoisotopic (exact) mass is 344 g/mol. The number of benzene rings is 1. The van der Waals surface area contributed by atoms with Gasteiger partial charge in [0, 0.05) is 30.6 Å². The summed E-state index contributed by atoms with van der Waals surface area (Å²) < 4.78 is 27.3. The fourth-order valence-electron chi connectivity index (χ4n) is 2.52. The summed E-state index contributed by atoms with van der Waals surface area (Å²) >= 11 is 5.77. The van der Waals surface area contributed by atoms with Gasteiger partial charge in [-0.2, -0.15) is 0 Å². The number of carbonyl (C=O) groups is 1. The number of rotatable bonds is 5. The molecule has 5 nitrogen and oxygen atoms in total. The summed E-state index contributed by atoms with van der Waals surface area (Å²) in [5, 5.41) is 0.502. The zero-order valence-electron chi connectivity index (χ0n) is 12.6. The molecular weight excluding hydrogens is 324 g/mol. The minimum Gasteiger partial charge on any atom is -0.343 e. The number of sulfonamides is 1. The molecule has 1 N–H and O–H groups in total. The molecule has 0 atom stereocenters. The van der Waals surface area contributed by atoms with Crippen LogP contribution >= 0.6 is 11.6 Å². The lowest BCUT2D eigenvalue weighted by atomic mass is 10.1. The Morgan fingerprint density at radius 3 is 2.41 bits per heavy atom. The van der Waals surface area contributed by atoms with Crippen LogP contribution in [0.25, 0.3) is 0 Å².